The number of hydrogen-bond acceptors (Lipinski definition) is 3. The quantitative estimate of drug-likeness (QED) is 0.848. The van der Waals surface area contributed by atoms with Crippen molar-refractivity contribution in [3.05, 3.63) is 24.3 Å². The minimum Gasteiger partial charge on any atom is -0.435 e. The SMILES string of the molecule is CC(CC(=O)Nc1cccc(OC(F)F)c1)C1CCCNC1. The molecule has 22 heavy (non-hydrogen) atoms. The van der Waals surface area contributed by atoms with Crippen molar-refractivity contribution in [2.45, 2.75) is 32.8 Å². The van der Waals surface area contributed by atoms with Crippen molar-refractivity contribution in [1.29, 1.82) is 0 Å². The Morgan fingerprint density at radius 1 is 1.50 bits per heavy atom. The van der Waals surface area contributed by atoms with Crippen molar-refractivity contribution >= 4 is 11.6 Å². The second kappa shape index (κ2) is 8.08. The minimum absolute atomic E-state index is 0.0392. The topological polar surface area (TPSA) is 50.4 Å². The molecular weight excluding hydrogens is 290 g/mol. The number of anilines is 1. The summed E-state index contributed by atoms with van der Waals surface area (Å²) < 4.78 is 28.7. The van der Waals surface area contributed by atoms with Gasteiger partial charge in [0, 0.05) is 18.2 Å². The number of piperidine rings is 1. The molecule has 2 atom stereocenters. The van der Waals surface area contributed by atoms with Crippen LogP contribution in [-0.4, -0.2) is 25.6 Å². The van der Waals surface area contributed by atoms with Crippen LogP contribution >= 0.6 is 0 Å². The average molecular weight is 312 g/mol. The van der Waals surface area contributed by atoms with Crippen molar-refractivity contribution < 1.29 is 18.3 Å². The Morgan fingerprint density at radius 3 is 3.00 bits per heavy atom. The van der Waals surface area contributed by atoms with E-state index in [-0.39, 0.29) is 17.6 Å². The number of halogens is 2. The molecule has 1 fully saturated rings. The van der Waals surface area contributed by atoms with E-state index in [1.807, 2.05) is 0 Å². The third-order valence-corrected chi connectivity index (χ3v) is 3.99. The zero-order valence-corrected chi connectivity index (χ0v) is 12.6. The summed E-state index contributed by atoms with van der Waals surface area (Å²) in [5.74, 6) is 0.728. The summed E-state index contributed by atoms with van der Waals surface area (Å²) in [6.45, 7) is 1.20. The number of benzene rings is 1. The molecule has 1 aromatic rings. The molecule has 122 valence electrons. The molecule has 0 spiro atoms. The van der Waals surface area contributed by atoms with Crippen molar-refractivity contribution in [2.24, 2.45) is 11.8 Å². The molecule has 4 nitrogen and oxygen atoms in total. The van der Waals surface area contributed by atoms with Crippen LogP contribution in [0.15, 0.2) is 24.3 Å². The van der Waals surface area contributed by atoms with Crippen LogP contribution in [0.4, 0.5) is 14.5 Å². The van der Waals surface area contributed by atoms with E-state index >= 15 is 0 Å². The molecule has 0 aromatic heterocycles. The standard InChI is InChI=1S/C16H22F2N2O2/c1-11(12-4-3-7-19-10-12)8-15(21)20-13-5-2-6-14(9-13)22-16(17)18/h2,5-6,9,11-12,16,19H,3-4,7-8,10H2,1H3,(H,20,21). The Morgan fingerprint density at radius 2 is 2.32 bits per heavy atom. The highest BCUT2D eigenvalue weighted by Crippen LogP contribution is 2.24. The fourth-order valence-corrected chi connectivity index (χ4v) is 2.79. The Kier molecular flexibility index (Phi) is 6.12. The lowest BCUT2D eigenvalue weighted by atomic mass is 9.85. The molecule has 1 heterocycles. The van der Waals surface area contributed by atoms with E-state index in [4.69, 9.17) is 0 Å². The van der Waals surface area contributed by atoms with Crippen LogP contribution < -0.4 is 15.4 Å². The van der Waals surface area contributed by atoms with E-state index in [1.54, 1.807) is 12.1 Å². The second-order valence-corrected chi connectivity index (χ2v) is 5.74. The van der Waals surface area contributed by atoms with E-state index in [9.17, 15) is 13.6 Å². The highest BCUT2D eigenvalue weighted by molar-refractivity contribution is 5.91. The smallest absolute Gasteiger partial charge is 0.387 e. The molecule has 0 bridgehead atoms. The molecule has 2 unspecified atom stereocenters. The Labute approximate surface area is 129 Å². The summed E-state index contributed by atoms with van der Waals surface area (Å²) in [6.07, 6.45) is 2.70. The first kappa shape index (κ1) is 16.7. The van der Waals surface area contributed by atoms with Gasteiger partial charge in [0.15, 0.2) is 0 Å². The Hall–Kier alpha value is -1.69. The van der Waals surface area contributed by atoms with E-state index in [0.29, 0.717) is 18.0 Å². The monoisotopic (exact) mass is 312 g/mol. The van der Waals surface area contributed by atoms with Crippen LogP contribution in [-0.2, 0) is 4.79 Å². The number of carbonyl (C=O) groups is 1. The third-order valence-electron chi connectivity index (χ3n) is 3.99. The van der Waals surface area contributed by atoms with Crippen LogP contribution in [0.1, 0.15) is 26.2 Å². The lowest BCUT2D eigenvalue weighted by Gasteiger charge is -2.28. The van der Waals surface area contributed by atoms with Gasteiger partial charge in [-0.15, -0.1) is 0 Å². The largest absolute Gasteiger partial charge is 0.435 e. The van der Waals surface area contributed by atoms with Crippen LogP contribution in [0.25, 0.3) is 0 Å². The molecule has 1 aliphatic heterocycles. The van der Waals surface area contributed by atoms with Gasteiger partial charge in [-0.05, 0) is 49.9 Å². The lowest BCUT2D eigenvalue weighted by molar-refractivity contribution is -0.117. The number of ether oxygens (including phenoxy) is 1. The Balaban J connectivity index is 1.85. The molecule has 0 saturated carbocycles. The number of rotatable bonds is 6. The highest BCUT2D eigenvalue weighted by atomic mass is 19.3. The second-order valence-electron chi connectivity index (χ2n) is 5.74. The highest BCUT2D eigenvalue weighted by Gasteiger charge is 2.22. The molecule has 0 radical (unpaired) electrons. The van der Waals surface area contributed by atoms with E-state index in [2.05, 4.69) is 22.3 Å². The van der Waals surface area contributed by atoms with E-state index in [0.717, 1.165) is 25.9 Å². The van der Waals surface area contributed by atoms with Crippen molar-refractivity contribution in [2.75, 3.05) is 18.4 Å². The molecule has 1 saturated heterocycles. The van der Waals surface area contributed by atoms with Crippen molar-refractivity contribution in [1.82, 2.24) is 5.32 Å². The van der Waals surface area contributed by atoms with Gasteiger partial charge in [0.25, 0.3) is 0 Å². The molecule has 1 aromatic carbocycles. The summed E-state index contributed by atoms with van der Waals surface area (Å²) in [6, 6.07) is 6.06. The molecular formula is C16H22F2N2O2. The number of nitrogens with one attached hydrogen (secondary N) is 2. The van der Waals surface area contributed by atoms with Crippen LogP contribution in [0.2, 0.25) is 0 Å². The van der Waals surface area contributed by atoms with Crippen molar-refractivity contribution in [3.63, 3.8) is 0 Å². The first-order chi connectivity index (χ1) is 10.5. The van der Waals surface area contributed by atoms with Crippen LogP contribution in [0, 0.1) is 11.8 Å². The Bertz CT molecular complexity index is 491. The number of amides is 1. The van der Waals surface area contributed by atoms with Gasteiger partial charge in [-0.25, -0.2) is 0 Å². The predicted molar refractivity (Wildman–Crippen MR) is 81.1 cm³/mol. The first-order valence-electron chi connectivity index (χ1n) is 7.60. The maximum Gasteiger partial charge on any atom is 0.387 e. The summed E-state index contributed by atoms with van der Waals surface area (Å²) in [4.78, 5) is 12.1. The third kappa shape index (κ3) is 5.26. The van der Waals surface area contributed by atoms with Crippen LogP contribution in [0.3, 0.4) is 0 Å². The van der Waals surface area contributed by atoms with Gasteiger partial charge >= 0.3 is 6.61 Å². The predicted octanol–water partition coefficient (Wildman–Crippen LogP) is 3.25. The summed E-state index contributed by atoms with van der Waals surface area (Å²) in [5, 5.41) is 6.09. The zero-order valence-electron chi connectivity index (χ0n) is 12.6. The maximum absolute atomic E-state index is 12.2. The normalized spacial score (nSPS) is 19.7. The first-order valence-corrected chi connectivity index (χ1v) is 7.60. The van der Waals surface area contributed by atoms with E-state index < -0.39 is 6.61 Å². The van der Waals surface area contributed by atoms with Gasteiger partial charge < -0.3 is 15.4 Å². The number of hydrogen-bond donors (Lipinski definition) is 2. The average Bonchev–Trinajstić information content (AvgIpc) is 2.47. The van der Waals surface area contributed by atoms with Gasteiger partial charge in [-0.2, -0.15) is 8.78 Å². The molecule has 1 aliphatic rings. The van der Waals surface area contributed by atoms with E-state index in [1.165, 1.54) is 12.1 Å². The minimum atomic E-state index is -2.87. The van der Waals surface area contributed by atoms with Gasteiger partial charge in [-0.3, -0.25) is 4.79 Å². The lowest BCUT2D eigenvalue weighted by Crippen LogP contribution is -2.34. The zero-order chi connectivity index (χ0) is 15.9. The molecule has 2 rings (SSSR count). The molecule has 6 heteroatoms. The number of alkyl halides is 2. The maximum atomic E-state index is 12.2. The van der Waals surface area contributed by atoms with Crippen LogP contribution in [0.5, 0.6) is 5.75 Å². The van der Waals surface area contributed by atoms with Gasteiger partial charge in [0.2, 0.25) is 5.91 Å². The fourth-order valence-electron chi connectivity index (χ4n) is 2.79. The fraction of sp³-hybridized carbons (Fsp3) is 0.562. The summed E-state index contributed by atoms with van der Waals surface area (Å²) in [7, 11) is 0. The number of carbonyl (C=O) groups excluding carboxylic acids is 1. The summed E-state index contributed by atoms with van der Waals surface area (Å²) in [5.41, 5.74) is 0.470. The molecule has 1 amide bonds. The molecule has 2 N–H and O–H groups in total. The van der Waals surface area contributed by atoms with Gasteiger partial charge in [-0.1, -0.05) is 13.0 Å². The molecule has 0 aliphatic carbocycles. The summed E-state index contributed by atoms with van der Waals surface area (Å²) >= 11 is 0. The van der Waals surface area contributed by atoms with Gasteiger partial charge in [0.05, 0.1) is 0 Å². The van der Waals surface area contributed by atoms with Crippen molar-refractivity contribution in [3.8, 4) is 5.75 Å². The van der Waals surface area contributed by atoms with Gasteiger partial charge in [0.1, 0.15) is 5.75 Å².